The van der Waals surface area contributed by atoms with Gasteiger partial charge in [0.2, 0.25) is 0 Å². The molecule has 0 saturated heterocycles. The van der Waals surface area contributed by atoms with Crippen LogP contribution in [0.15, 0.2) is 78.9 Å². The van der Waals surface area contributed by atoms with Crippen LogP contribution in [0, 0.1) is 0 Å². The third-order valence-corrected chi connectivity index (χ3v) is 5.09. The van der Waals surface area contributed by atoms with E-state index < -0.39 is 0 Å². The average molecular weight is 380 g/mol. The molecule has 3 heteroatoms. The van der Waals surface area contributed by atoms with Crippen LogP contribution in [-0.4, -0.2) is 15.8 Å². The van der Waals surface area contributed by atoms with E-state index in [4.69, 9.17) is 9.97 Å². The van der Waals surface area contributed by atoms with Crippen LogP contribution in [0.5, 0.6) is 0 Å². The second-order valence-corrected chi connectivity index (χ2v) is 7.24. The smallest absolute Gasteiger partial charge is 0.162 e. The summed E-state index contributed by atoms with van der Waals surface area (Å²) < 4.78 is 0. The average Bonchev–Trinajstić information content (AvgIpc) is 2.79. The van der Waals surface area contributed by atoms with E-state index in [-0.39, 0.29) is 5.78 Å². The van der Waals surface area contributed by atoms with Crippen LogP contribution in [0.25, 0.3) is 33.5 Å². The van der Waals surface area contributed by atoms with Crippen molar-refractivity contribution in [3.63, 3.8) is 0 Å². The molecule has 29 heavy (non-hydrogen) atoms. The molecule has 0 unspecified atom stereocenters. The van der Waals surface area contributed by atoms with Crippen LogP contribution in [-0.2, 0) is 0 Å². The first-order chi connectivity index (χ1) is 14.3. The second kappa shape index (κ2) is 8.78. The molecule has 0 saturated carbocycles. The number of carbonyl (C=O) groups excluding carboxylic acids is 1. The predicted molar refractivity (Wildman–Crippen MR) is 119 cm³/mol. The predicted octanol–water partition coefficient (Wildman–Crippen LogP) is 6.73. The molecule has 0 spiro atoms. The normalized spacial score (nSPS) is 10.9. The van der Waals surface area contributed by atoms with E-state index in [0.717, 1.165) is 58.4 Å². The lowest BCUT2D eigenvalue weighted by atomic mass is 10.0. The fourth-order valence-corrected chi connectivity index (χ4v) is 3.50. The van der Waals surface area contributed by atoms with Crippen molar-refractivity contribution in [1.29, 1.82) is 0 Å². The fraction of sp³-hybridized carbons (Fsp3) is 0.192. The van der Waals surface area contributed by atoms with Gasteiger partial charge in [0.25, 0.3) is 0 Å². The minimum absolute atomic E-state index is 0.176. The molecule has 0 N–H and O–H groups in total. The van der Waals surface area contributed by atoms with Gasteiger partial charge in [-0.05, 0) is 24.6 Å². The van der Waals surface area contributed by atoms with E-state index in [1.807, 2.05) is 78.9 Å². The summed E-state index contributed by atoms with van der Waals surface area (Å²) in [4.78, 5) is 22.4. The van der Waals surface area contributed by atoms with Crippen molar-refractivity contribution >= 4 is 16.8 Å². The molecule has 0 fully saturated rings. The Kier molecular flexibility index (Phi) is 5.76. The van der Waals surface area contributed by atoms with E-state index in [0.29, 0.717) is 6.42 Å². The lowest BCUT2D eigenvalue weighted by molar-refractivity contribution is 0.0979. The Labute approximate surface area is 171 Å². The highest BCUT2D eigenvalue weighted by molar-refractivity contribution is 5.99. The van der Waals surface area contributed by atoms with E-state index in [9.17, 15) is 4.79 Å². The zero-order chi connectivity index (χ0) is 20.1. The minimum atomic E-state index is 0.176. The van der Waals surface area contributed by atoms with Crippen molar-refractivity contribution in [3.8, 4) is 22.5 Å². The van der Waals surface area contributed by atoms with Crippen molar-refractivity contribution in [2.75, 3.05) is 0 Å². The molecule has 1 heterocycles. The summed E-state index contributed by atoms with van der Waals surface area (Å²) in [7, 11) is 0. The van der Waals surface area contributed by atoms with Gasteiger partial charge in [-0.1, -0.05) is 80.4 Å². The number of ketones is 1. The number of hydrogen-bond donors (Lipinski definition) is 0. The Morgan fingerprint density at radius 2 is 1.31 bits per heavy atom. The van der Waals surface area contributed by atoms with E-state index in [1.165, 1.54) is 0 Å². The SMILES string of the molecule is CCCCCC(=O)c1ccc2nc(-c3ccccc3)c(-c3ccccc3)nc2c1. The molecule has 0 aliphatic carbocycles. The molecular formula is C26H24N2O. The number of unbranched alkanes of at least 4 members (excludes halogenated alkanes) is 2. The van der Waals surface area contributed by atoms with E-state index >= 15 is 0 Å². The van der Waals surface area contributed by atoms with Crippen LogP contribution in [0.2, 0.25) is 0 Å². The molecular weight excluding hydrogens is 356 g/mol. The lowest BCUT2D eigenvalue weighted by Gasteiger charge is -2.11. The Morgan fingerprint density at radius 3 is 1.90 bits per heavy atom. The third kappa shape index (κ3) is 4.24. The maximum atomic E-state index is 12.6. The second-order valence-electron chi connectivity index (χ2n) is 7.24. The van der Waals surface area contributed by atoms with Gasteiger partial charge in [-0.2, -0.15) is 0 Å². The Hall–Kier alpha value is -3.33. The van der Waals surface area contributed by atoms with Crippen LogP contribution in [0.4, 0.5) is 0 Å². The third-order valence-electron chi connectivity index (χ3n) is 5.09. The van der Waals surface area contributed by atoms with Crippen LogP contribution in [0.1, 0.15) is 43.0 Å². The summed E-state index contributed by atoms with van der Waals surface area (Å²) in [5.41, 5.74) is 6.00. The first kappa shape index (κ1) is 19.0. The number of rotatable bonds is 7. The molecule has 3 nitrogen and oxygen atoms in total. The van der Waals surface area contributed by atoms with E-state index in [1.54, 1.807) is 0 Å². The van der Waals surface area contributed by atoms with Crippen molar-refractivity contribution in [1.82, 2.24) is 9.97 Å². The summed E-state index contributed by atoms with van der Waals surface area (Å²) in [6.07, 6.45) is 3.71. The summed E-state index contributed by atoms with van der Waals surface area (Å²) in [5, 5.41) is 0. The first-order valence-electron chi connectivity index (χ1n) is 10.2. The Balaban J connectivity index is 1.82. The Morgan fingerprint density at radius 1 is 0.724 bits per heavy atom. The molecule has 1 aromatic heterocycles. The standard InChI is InChI=1S/C26H24N2O/c1-2-3-6-15-24(29)21-16-17-22-23(18-21)28-26(20-13-9-5-10-14-20)25(27-22)19-11-7-4-8-12-19/h4-5,7-14,16-18H,2-3,6,15H2,1H3. The molecule has 3 aromatic carbocycles. The molecule has 4 rings (SSSR count). The zero-order valence-corrected chi connectivity index (χ0v) is 16.6. The highest BCUT2D eigenvalue weighted by Gasteiger charge is 2.14. The first-order valence-corrected chi connectivity index (χ1v) is 10.2. The summed E-state index contributed by atoms with van der Waals surface area (Å²) >= 11 is 0. The molecule has 0 aliphatic rings. The molecule has 4 aromatic rings. The van der Waals surface area contributed by atoms with Gasteiger partial charge < -0.3 is 0 Å². The number of carbonyl (C=O) groups is 1. The van der Waals surface area contributed by atoms with Crippen LogP contribution >= 0.6 is 0 Å². The highest BCUT2D eigenvalue weighted by atomic mass is 16.1. The van der Waals surface area contributed by atoms with Crippen molar-refractivity contribution < 1.29 is 4.79 Å². The van der Waals surface area contributed by atoms with Crippen molar-refractivity contribution in [2.45, 2.75) is 32.6 Å². The maximum absolute atomic E-state index is 12.6. The van der Waals surface area contributed by atoms with Gasteiger partial charge in [0, 0.05) is 23.1 Å². The monoisotopic (exact) mass is 380 g/mol. The van der Waals surface area contributed by atoms with Gasteiger partial charge in [0.1, 0.15) is 0 Å². The Bertz CT molecular complexity index is 1120. The summed E-state index contributed by atoms with van der Waals surface area (Å²) in [6, 6.07) is 25.9. The van der Waals surface area contributed by atoms with Crippen molar-refractivity contribution in [2.24, 2.45) is 0 Å². The van der Waals surface area contributed by atoms with Gasteiger partial charge in [-0.15, -0.1) is 0 Å². The lowest BCUT2D eigenvalue weighted by Crippen LogP contribution is -2.01. The summed E-state index contributed by atoms with van der Waals surface area (Å²) in [6.45, 7) is 2.14. The quantitative estimate of drug-likeness (QED) is 0.264. The van der Waals surface area contributed by atoms with Crippen LogP contribution < -0.4 is 0 Å². The van der Waals surface area contributed by atoms with Gasteiger partial charge in [0.15, 0.2) is 5.78 Å². The highest BCUT2D eigenvalue weighted by Crippen LogP contribution is 2.31. The van der Waals surface area contributed by atoms with Crippen LogP contribution in [0.3, 0.4) is 0 Å². The van der Waals surface area contributed by atoms with Gasteiger partial charge >= 0.3 is 0 Å². The minimum Gasteiger partial charge on any atom is -0.294 e. The molecule has 0 radical (unpaired) electrons. The number of Topliss-reactive ketones (excluding diaryl/α,β-unsaturated/α-hetero) is 1. The summed E-state index contributed by atoms with van der Waals surface area (Å²) in [5.74, 6) is 0.176. The zero-order valence-electron chi connectivity index (χ0n) is 16.6. The molecule has 0 bridgehead atoms. The molecule has 0 amide bonds. The number of benzene rings is 3. The largest absolute Gasteiger partial charge is 0.294 e. The van der Waals surface area contributed by atoms with Gasteiger partial charge in [0.05, 0.1) is 22.4 Å². The topological polar surface area (TPSA) is 42.9 Å². The fourth-order valence-electron chi connectivity index (χ4n) is 3.50. The number of fused-ring (bicyclic) bond motifs is 1. The van der Waals surface area contributed by atoms with Crippen molar-refractivity contribution in [3.05, 3.63) is 84.4 Å². The van der Waals surface area contributed by atoms with Gasteiger partial charge in [-0.25, -0.2) is 9.97 Å². The van der Waals surface area contributed by atoms with Gasteiger partial charge in [-0.3, -0.25) is 4.79 Å². The number of aromatic nitrogens is 2. The molecule has 0 aliphatic heterocycles. The molecule has 0 atom stereocenters. The number of nitrogens with zero attached hydrogens (tertiary/aromatic N) is 2. The number of hydrogen-bond acceptors (Lipinski definition) is 3. The van der Waals surface area contributed by atoms with E-state index in [2.05, 4.69) is 6.92 Å². The molecule has 144 valence electrons. The maximum Gasteiger partial charge on any atom is 0.162 e.